The number of hydrogen-bond donors (Lipinski definition) is 0. The van der Waals surface area contributed by atoms with Gasteiger partial charge in [0.15, 0.2) is 5.82 Å². The van der Waals surface area contributed by atoms with E-state index in [4.69, 9.17) is 0 Å². The average Bonchev–Trinajstić information content (AvgIpc) is 3.42. The molecule has 0 N–H and O–H groups in total. The Morgan fingerprint density at radius 3 is 2.79 bits per heavy atom. The molecule has 0 bridgehead atoms. The summed E-state index contributed by atoms with van der Waals surface area (Å²) >= 11 is 0. The van der Waals surface area contributed by atoms with E-state index >= 15 is 0 Å². The van der Waals surface area contributed by atoms with E-state index < -0.39 is 0 Å². The molecular weight excluding hydrogens is 368 g/mol. The molecule has 0 aromatic carbocycles. The van der Waals surface area contributed by atoms with E-state index in [1.54, 1.807) is 27.8 Å². The molecule has 0 unspecified atom stereocenters. The lowest BCUT2D eigenvalue weighted by Gasteiger charge is -2.32. The van der Waals surface area contributed by atoms with Crippen LogP contribution in [0.4, 0.5) is 0 Å². The van der Waals surface area contributed by atoms with Gasteiger partial charge in [-0.05, 0) is 57.2 Å². The van der Waals surface area contributed by atoms with Gasteiger partial charge in [-0.1, -0.05) is 0 Å². The summed E-state index contributed by atoms with van der Waals surface area (Å²) in [4.78, 5) is 18.7. The summed E-state index contributed by atoms with van der Waals surface area (Å²) in [5.74, 6) is 1.08. The Hall–Kier alpha value is -2.81. The molecule has 152 valence electrons. The van der Waals surface area contributed by atoms with Crippen LogP contribution in [0.15, 0.2) is 35.8 Å². The van der Waals surface area contributed by atoms with Gasteiger partial charge < -0.3 is 0 Å². The van der Waals surface area contributed by atoms with Gasteiger partial charge in [-0.2, -0.15) is 10.2 Å². The second-order valence-electron chi connectivity index (χ2n) is 8.07. The first-order valence-electron chi connectivity index (χ1n) is 10.5. The van der Waals surface area contributed by atoms with E-state index in [0.717, 1.165) is 45.4 Å². The first-order chi connectivity index (χ1) is 14.3. The predicted octanol–water partition coefficient (Wildman–Crippen LogP) is 1.27. The molecule has 2 aliphatic heterocycles. The highest BCUT2D eigenvalue weighted by molar-refractivity contribution is 5.19. The first kappa shape index (κ1) is 18.2. The maximum atomic E-state index is 12.3. The Morgan fingerprint density at radius 1 is 1.07 bits per heavy atom. The summed E-state index contributed by atoms with van der Waals surface area (Å²) in [6, 6.07) is 3.24. The van der Waals surface area contributed by atoms with Gasteiger partial charge in [-0.3, -0.25) is 14.4 Å². The zero-order valence-corrected chi connectivity index (χ0v) is 16.5. The van der Waals surface area contributed by atoms with E-state index in [0.29, 0.717) is 18.3 Å². The quantitative estimate of drug-likeness (QED) is 0.648. The average molecular weight is 394 g/mol. The lowest BCUT2D eigenvalue weighted by molar-refractivity contribution is 0.163. The number of hydrogen-bond acceptors (Lipinski definition) is 6. The standard InChI is InChI=1S/C20H26N8O/c29-20-5-4-19(28-15-21-14-23-28)24-27(20)12-16-6-9-25(10-7-16)13-17-11-22-26-8-2-1-3-18(17)26/h4-5,11,14-16H,1-3,6-10,12-13H2. The van der Waals surface area contributed by atoms with Crippen molar-refractivity contribution in [3.05, 3.63) is 52.6 Å². The number of aryl methyl sites for hydroxylation is 1. The molecule has 5 heterocycles. The zero-order valence-electron chi connectivity index (χ0n) is 16.5. The van der Waals surface area contributed by atoms with E-state index in [1.165, 1.54) is 30.4 Å². The van der Waals surface area contributed by atoms with E-state index in [2.05, 4.69) is 36.1 Å². The highest BCUT2D eigenvalue weighted by atomic mass is 16.1. The summed E-state index contributed by atoms with van der Waals surface area (Å²) in [7, 11) is 0. The minimum atomic E-state index is -0.0668. The van der Waals surface area contributed by atoms with Crippen molar-refractivity contribution in [1.82, 2.24) is 39.2 Å². The largest absolute Gasteiger partial charge is 0.299 e. The summed E-state index contributed by atoms with van der Waals surface area (Å²) in [6.07, 6.45) is 10.9. The lowest BCUT2D eigenvalue weighted by atomic mass is 9.96. The summed E-state index contributed by atoms with van der Waals surface area (Å²) in [6.45, 7) is 4.80. The molecule has 1 saturated heterocycles. The Balaban J connectivity index is 1.20. The third-order valence-electron chi connectivity index (χ3n) is 6.11. The molecule has 0 atom stereocenters. The van der Waals surface area contributed by atoms with Crippen LogP contribution in [0.2, 0.25) is 0 Å². The van der Waals surface area contributed by atoms with Gasteiger partial charge in [-0.25, -0.2) is 14.3 Å². The van der Waals surface area contributed by atoms with Gasteiger partial charge in [0.1, 0.15) is 12.7 Å². The van der Waals surface area contributed by atoms with Crippen LogP contribution in [-0.2, 0) is 26.1 Å². The third kappa shape index (κ3) is 3.87. The predicted molar refractivity (Wildman–Crippen MR) is 107 cm³/mol. The summed E-state index contributed by atoms with van der Waals surface area (Å²) < 4.78 is 5.34. The minimum Gasteiger partial charge on any atom is -0.299 e. The molecule has 3 aromatic rings. The van der Waals surface area contributed by atoms with Crippen molar-refractivity contribution in [2.24, 2.45) is 5.92 Å². The van der Waals surface area contributed by atoms with Gasteiger partial charge in [-0.15, -0.1) is 5.10 Å². The molecule has 9 nitrogen and oxygen atoms in total. The number of piperidine rings is 1. The van der Waals surface area contributed by atoms with Crippen molar-refractivity contribution < 1.29 is 0 Å². The van der Waals surface area contributed by atoms with Crippen molar-refractivity contribution in [2.75, 3.05) is 13.1 Å². The molecule has 0 amide bonds. The molecule has 0 spiro atoms. The number of nitrogens with zero attached hydrogens (tertiary/aromatic N) is 8. The maximum absolute atomic E-state index is 12.3. The fourth-order valence-electron chi connectivity index (χ4n) is 4.45. The van der Waals surface area contributed by atoms with Crippen LogP contribution in [0.5, 0.6) is 0 Å². The molecule has 0 radical (unpaired) electrons. The Labute approximate surface area is 169 Å². The lowest BCUT2D eigenvalue weighted by Crippen LogP contribution is -2.36. The highest BCUT2D eigenvalue weighted by Crippen LogP contribution is 2.23. The smallest absolute Gasteiger partial charge is 0.266 e. The van der Waals surface area contributed by atoms with Crippen LogP contribution in [0, 0.1) is 5.92 Å². The number of rotatable bonds is 5. The summed E-state index contributed by atoms with van der Waals surface area (Å²) in [5, 5.41) is 13.1. The van der Waals surface area contributed by atoms with Crippen LogP contribution < -0.4 is 5.56 Å². The van der Waals surface area contributed by atoms with Gasteiger partial charge in [0.25, 0.3) is 5.56 Å². The van der Waals surface area contributed by atoms with Crippen molar-refractivity contribution in [3.63, 3.8) is 0 Å². The van der Waals surface area contributed by atoms with E-state index in [9.17, 15) is 4.79 Å². The van der Waals surface area contributed by atoms with Crippen molar-refractivity contribution >= 4 is 0 Å². The summed E-state index contributed by atoms with van der Waals surface area (Å²) in [5.41, 5.74) is 2.75. The monoisotopic (exact) mass is 394 g/mol. The minimum absolute atomic E-state index is 0.0668. The molecule has 29 heavy (non-hydrogen) atoms. The second kappa shape index (κ2) is 7.90. The third-order valence-corrected chi connectivity index (χ3v) is 6.11. The molecule has 0 aliphatic carbocycles. The zero-order chi connectivity index (χ0) is 19.6. The van der Waals surface area contributed by atoms with Gasteiger partial charge in [0.05, 0.1) is 6.20 Å². The SMILES string of the molecule is O=c1ccc(-n2cncn2)nn1CC1CCN(Cc2cnn3c2CCCC3)CC1. The van der Waals surface area contributed by atoms with Crippen molar-refractivity contribution in [2.45, 2.75) is 51.7 Å². The number of fused-ring (bicyclic) bond motifs is 1. The fourth-order valence-corrected chi connectivity index (χ4v) is 4.45. The van der Waals surface area contributed by atoms with E-state index in [-0.39, 0.29) is 5.56 Å². The molecular formula is C20H26N8O. The maximum Gasteiger partial charge on any atom is 0.266 e. The normalized spacial score (nSPS) is 18.1. The Bertz CT molecular complexity index is 1010. The molecule has 9 heteroatoms. The Kier molecular flexibility index (Phi) is 4.97. The molecule has 3 aromatic heterocycles. The van der Waals surface area contributed by atoms with Gasteiger partial charge in [0, 0.05) is 37.0 Å². The topological polar surface area (TPSA) is 86.7 Å². The van der Waals surface area contributed by atoms with Gasteiger partial charge in [0.2, 0.25) is 0 Å². The van der Waals surface area contributed by atoms with E-state index in [1.807, 2.05) is 0 Å². The van der Waals surface area contributed by atoms with Crippen molar-refractivity contribution in [1.29, 1.82) is 0 Å². The van der Waals surface area contributed by atoms with Crippen LogP contribution in [-0.4, -0.2) is 52.3 Å². The number of aromatic nitrogens is 7. The van der Waals surface area contributed by atoms with Crippen LogP contribution in [0.25, 0.3) is 5.82 Å². The molecule has 2 aliphatic rings. The van der Waals surface area contributed by atoms with Crippen LogP contribution >= 0.6 is 0 Å². The molecule has 1 fully saturated rings. The fraction of sp³-hybridized carbons (Fsp3) is 0.550. The highest BCUT2D eigenvalue weighted by Gasteiger charge is 2.23. The second-order valence-corrected chi connectivity index (χ2v) is 8.07. The van der Waals surface area contributed by atoms with Crippen molar-refractivity contribution in [3.8, 4) is 5.82 Å². The van der Waals surface area contributed by atoms with Crippen LogP contribution in [0.1, 0.15) is 36.9 Å². The van der Waals surface area contributed by atoms with Crippen LogP contribution in [0.3, 0.4) is 0 Å². The van der Waals surface area contributed by atoms with Gasteiger partial charge >= 0.3 is 0 Å². The first-order valence-corrected chi connectivity index (χ1v) is 10.5. The Morgan fingerprint density at radius 2 is 1.97 bits per heavy atom. The number of likely N-dealkylation sites (tertiary alicyclic amines) is 1. The molecule has 0 saturated carbocycles. The molecule has 5 rings (SSSR count).